The number of hydrogen-bond acceptors (Lipinski definition) is 15. The Kier molecular flexibility index (Phi) is 11.9. The van der Waals surface area contributed by atoms with Gasteiger partial charge in [-0.05, 0) is 71.4 Å². The molecule has 16 nitrogen and oxygen atoms in total. The van der Waals surface area contributed by atoms with Crippen LogP contribution in [-0.4, -0.2) is 129 Å². The zero-order valence-electron chi connectivity index (χ0n) is 34.6. The summed E-state index contributed by atoms with van der Waals surface area (Å²) in [4.78, 5) is 69.5. The number of amides is 1. The van der Waals surface area contributed by atoms with Crippen LogP contribution in [0.2, 0.25) is 0 Å². The molecule has 16 heteroatoms. The van der Waals surface area contributed by atoms with Crippen molar-refractivity contribution >= 4 is 29.8 Å². The van der Waals surface area contributed by atoms with Crippen molar-refractivity contribution in [3.63, 3.8) is 0 Å². The number of likely N-dealkylation sites (N-methyl/N-ethyl adjacent to an activating group) is 1. The summed E-state index contributed by atoms with van der Waals surface area (Å²) in [7, 11) is 1.40. The van der Waals surface area contributed by atoms with E-state index < -0.39 is 118 Å². The number of carbonyl (C=O) groups is 5. The molecular formula is C43H56N2O14. The maximum Gasteiger partial charge on any atom is 0.407 e. The number of ketones is 1. The van der Waals surface area contributed by atoms with Crippen molar-refractivity contribution < 1.29 is 68.1 Å². The van der Waals surface area contributed by atoms with Gasteiger partial charge in [0.1, 0.15) is 35.1 Å². The number of aliphatic hydroxyl groups is 4. The second-order valence-corrected chi connectivity index (χ2v) is 17.5. The Morgan fingerprint density at radius 3 is 2.29 bits per heavy atom. The molecule has 0 spiro atoms. The van der Waals surface area contributed by atoms with Crippen LogP contribution >= 0.6 is 0 Å². The fourth-order valence-electron chi connectivity index (χ4n) is 10.2. The van der Waals surface area contributed by atoms with E-state index in [-0.39, 0.29) is 29.7 Å². The van der Waals surface area contributed by atoms with E-state index in [1.54, 1.807) is 63.3 Å². The molecule has 2 bridgehead atoms. The largest absolute Gasteiger partial charge is 0.456 e. The lowest BCUT2D eigenvalue weighted by molar-refractivity contribution is -0.356. The van der Waals surface area contributed by atoms with Gasteiger partial charge in [-0.25, -0.2) is 14.4 Å². The van der Waals surface area contributed by atoms with Gasteiger partial charge in [0.2, 0.25) is 0 Å². The molecule has 6 rings (SSSR count). The lowest BCUT2D eigenvalue weighted by Gasteiger charge is -2.71. The van der Waals surface area contributed by atoms with Crippen LogP contribution in [0, 0.1) is 17.3 Å². The third kappa shape index (κ3) is 7.10. The minimum atomic E-state index is -2.38. The summed E-state index contributed by atoms with van der Waals surface area (Å²) in [6.07, 6.45) is -4.37. The SMILES string of the molecule is CN[C@]12[C@H](OC(=O)c3ccccc3)[C@]3(O)C[C@H](OC(=O)[C@H](O)[C@@H](NC(=O)OC(C)(C)C)C4C=CC=CC4)C(C)=C([C@@H](O)C(=O)[C@]1(C)[C@@H](O)C[C@H]1OC[C@]12OC(C)=O)[C@H]3C. The molecule has 0 radical (unpaired) electrons. The quantitative estimate of drug-likeness (QED) is 0.119. The Hall–Kier alpha value is -4.45. The highest BCUT2D eigenvalue weighted by Gasteiger charge is 2.84. The first-order valence-corrected chi connectivity index (χ1v) is 19.9. The van der Waals surface area contributed by atoms with Crippen LogP contribution in [0.1, 0.15) is 78.1 Å². The van der Waals surface area contributed by atoms with Crippen molar-refractivity contribution in [2.45, 2.75) is 133 Å². The summed E-state index contributed by atoms with van der Waals surface area (Å²) in [5.41, 5.74) is -9.35. The molecule has 5 aliphatic rings. The highest BCUT2D eigenvalue weighted by molar-refractivity contribution is 5.95. The van der Waals surface area contributed by atoms with E-state index in [0.29, 0.717) is 6.42 Å². The smallest absolute Gasteiger partial charge is 0.407 e. The van der Waals surface area contributed by atoms with E-state index in [2.05, 4.69) is 10.6 Å². The number of aliphatic hydroxyl groups excluding tert-OH is 3. The summed E-state index contributed by atoms with van der Waals surface area (Å²) >= 11 is 0. The number of benzene rings is 1. The minimum absolute atomic E-state index is 0.0628. The van der Waals surface area contributed by atoms with Crippen molar-refractivity contribution in [3.8, 4) is 0 Å². The van der Waals surface area contributed by atoms with Gasteiger partial charge in [-0.15, -0.1) is 0 Å². The number of nitrogens with one attached hydrogen (secondary N) is 2. The fraction of sp³-hybridized carbons (Fsp3) is 0.605. The number of hydrogen-bond donors (Lipinski definition) is 6. The number of rotatable bonds is 9. The number of allylic oxidation sites excluding steroid dienone is 3. The average molecular weight is 825 g/mol. The number of alkyl carbamates (subject to hydrolysis) is 1. The van der Waals surface area contributed by atoms with Crippen molar-refractivity contribution in [2.75, 3.05) is 13.7 Å². The molecule has 1 aromatic rings. The van der Waals surface area contributed by atoms with E-state index >= 15 is 4.79 Å². The monoisotopic (exact) mass is 824 g/mol. The van der Waals surface area contributed by atoms with Gasteiger partial charge in [0.15, 0.2) is 23.6 Å². The summed E-state index contributed by atoms with van der Waals surface area (Å²) in [6.45, 7) is 10.2. The van der Waals surface area contributed by atoms with Gasteiger partial charge in [0, 0.05) is 31.6 Å². The summed E-state index contributed by atoms with van der Waals surface area (Å²) < 4.78 is 29.8. The highest BCUT2D eigenvalue weighted by atomic mass is 16.6. The molecule has 1 amide bonds. The van der Waals surface area contributed by atoms with Gasteiger partial charge >= 0.3 is 24.0 Å². The number of ether oxygens (including phenoxy) is 5. The van der Waals surface area contributed by atoms with Crippen molar-refractivity contribution in [1.82, 2.24) is 10.6 Å². The Labute approximate surface area is 342 Å². The molecule has 4 aliphatic carbocycles. The van der Waals surface area contributed by atoms with Gasteiger partial charge in [-0.2, -0.15) is 0 Å². The van der Waals surface area contributed by atoms with E-state index in [4.69, 9.17) is 23.7 Å². The van der Waals surface area contributed by atoms with Crippen LogP contribution in [0.4, 0.5) is 4.79 Å². The number of Topliss-reactive ketones (excluding diaryl/α,β-unsaturated/α-hetero) is 1. The number of esters is 3. The topological polar surface area (TPSA) is 236 Å². The van der Waals surface area contributed by atoms with E-state index in [1.165, 1.54) is 40.0 Å². The Morgan fingerprint density at radius 2 is 1.73 bits per heavy atom. The minimum Gasteiger partial charge on any atom is -0.456 e. The molecule has 3 fully saturated rings. The van der Waals surface area contributed by atoms with Gasteiger partial charge in [0.25, 0.3) is 0 Å². The molecule has 0 aromatic heterocycles. The molecule has 2 saturated carbocycles. The molecule has 1 aromatic carbocycles. The first-order valence-electron chi connectivity index (χ1n) is 19.9. The van der Waals surface area contributed by atoms with Crippen molar-refractivity contribution in [1.29, 1.82) is 0 Å². The predicted molar refractivity (Wildman–Crippen MR) is 208 cm³/mol. The molecule has 1 aliphatic heterocycles. The van der Waals surface area contributed by atoms with Crippen molar-refractivity contribution in [2.24, 2.45) is 17.3 Å². The second-order valence-electron chi connectivity index (χ2n) is 17.5. The Morgan fingerprint density at radius 1 is 1.05 bits per heavy atom. The van der Waals surface area contributed by atoms with Crippen LogP contribution in [0.25, 0.3) is 0 Å². The van der Waals surface area contributed by atoms with Gasteiger partial charge < -0.3 is 54.7 Å². The van der Waals surface area contributed by atoms with Crippen LogP contribution in [0.3, 0.4) is 0 Å². The third-order valence-corrected chi connectivity index (χ3v) is 13.1. The standard InChI is InChI=1S/C43H56N2O14/c1-22-27(56-36(52)33(49)31(25-15-11-9-12-16-25)45-38(53)59-39(4,5)6)20-41(54)23(2)30(22)32(48)34(50)40(7)28(47)19-29-42(21-55-29,58-24(3)46)43(40,44-8)37(41)57-35(51)26-17-13-10-14-18-26/h9-15,17-18,23,25,27-29,31-33,37,44,47-49,54H,16,19-21H2,1-8H3,(H,45,53)/t23-,25?,27+,28+,29-,31+,32-,33-,37-,40+,41+,42+,43-/m1/s1. The molecule has 6 N–H and O–H groups in total. The maximum atomic E-state index is 15.1. The van der Waals surface area contributed by atoms with E-state index in [9.17, 15) is 39.6 Å². The lowest BCUT2D eigenvalue weighted by Crippen LogP contribution is -2.93. The van der Waals surface area contributed by atoms with E-state index in [0.717, 1.165) is 6.92 Å². The summed E-state index contributed by atoms with van der Waals surface area (Å²) in [5.74, 6) is -5.69. The van der Waals surface area contributed by atoms with Gasteiger partial charge in [0.05, 0.1) is 29.7 Å². The molecular weight excluding hydrogens is 768 g/mol. The maximum absolute atomic E-state index is 15.1. The van der Waals surface area contributed by atoms with E-state index in [1.807, 2.05) is 0 Å². The van der Waals surface area contributed by atoms with Crippen LogP contribution in [0.5, 0.6) is 0 Å². The molecule has 1 unspecified atom stereocenters. The van der Waals surface area contributed by atoms with Gasteiger partial charge in [-0.1, -0.05) is 49.4 Å². The van der Waals surface area contributed by atoms with Gasteiger partial charge in [-0.3, -0.25) is 9.59 Å². The second kappa shape index (κ2) is 15.9. The first-order chi connectivity index (χ1) is 27.6. The Bertz CT molecular complexity index is 1940. The molecule has 1 heterocycles. The highest BCUT2D eigenvalue weighted by Crippen LogP contribution is 2.63. The summed E-state index contributed by atoms with van der Waals surface area (Å²) in [5, 5.41) is 55.0. The normalized spacial score (nSPS) is 37.3. The fourth-order valence-corrected chi connectivity index (χ4v) is 10.2. The van der Waals surface area contributed by atoms with Crippen LogP contribution < -0.4 is 10.6 Å². The Balaban J connectivity index is 1.50. The molecule has 13 atom stereocenters. The van der Waals surface area contributed by atoms with Crippen LogP contribution in [0.15, 0.2) is 65.8 Å². The predicted octanol–water partition coefficient (Wildman–Crippen LogP) is 1.97. The molecule has 59 heavy (non-hydrogen) atoms. The zero-order chi connectivity index (χ0) is 43.5. The zero-order valence-corrected chi connectivity index (χ0v) is 34.6. The lowest BCUT2D eigenvalue weighted by atomic mass is 9.43. The van der Waals surface area contributed by atoms with Crippen LogP contribution in [-0.2, 0) is 38.1 Å². The average Bonchev–Trinajstić information content (AvgIpc) is 3.18. The first kappa shape index (κ1) is 44.1. The number of fused-ring (bicyclic) bond motifs is 5. The molecule has 1 saturated heterocycles. The summed E-state index contributed by atoms with van der Waals surface area (Å²) in [6, 6.07) is 6.59. The van der Waals surface area contributed by atoms with Crippen molar-refractivity contribution in [3.05, 3.63) is 71.3 Å². The third-order valence-electron chi connectivity index (χ3n) is 13.1. The number of carbonyl (C=O) groups excluding carboxylic acids is 5. The molecule has 322 valence electrons.